The van der Waals surface area contributed by atoms with Gasteiger partial charge in [0, 0.05) is 5.56 Å². The molecule has 0 bridgehead atoms. The highest BCUT2D eigenvalue weighted by molar-refractivity contribution is 7.22. The van der Waals surface area contributed by atoms with Crippen LogP contribution in [0.15, 0.2) is 42.5 Å². The molecular weight excluding hydrogens is 356 g/mol. The summed E-state index contributed by atoms with van der Waals surface area (Å²) in [5, 5.41) is 3.54. The number of hydrogen-bond donors (Lipinski definition) is 1. The molecular formula is C22H26N2O2S. The second-order valence-corrected chi connectivity index (χ2v) is 7.77. The molecule has 3 aromatic rings. The van der Waals surface area contributed by atoms with E-state index >= 15 is 0 Å². The third-order valence-electron chi connectivity index (χ3n) is 4.52. The van der Waals surface area contributed by atoms with E-state index in [0.717, 1.165) is 28.8 Å². The number of anilines is 1. The van der Waals surface area contributed by atoms with Gasteiger partial charge in [0.1, 0.15) is 5.75 Å². The fourth-order valence-corrected chi connectivity index (χ4v) is 3.65. The highest BCUT2D eigenvalue weighted by atomic mass is 32.1. The molecule has 0 aliphatic heterocycles. The molecule has 27 heavy (non-hydrogen) atoms. The summed E-state index contributed by atoms with van der Waals surface area (Å²) in [5.41, 5.74) is 2.84. The summed E-state index contributed by atoms with van der Waals surface area (Å²) in [7, 11) is 0. The predicted octanol–water partition coefficient (Wildman–Crippen LogP) is 6.07. The van der Waals surface area contributed by atoms with Gasteiger partial charge < -0.3 is 4.74 Å². The highest BCUT2D eigenvalue weighted by Crippen LogP contribution is 2.28. The maximum absolute atomic E-state index is 12.5. The normalized spacial score (nSPS) is 12.1. The number of nitrogens with one attached hydrogen (secondary N) is 1. The zero-order chi connectivity index (χ0) is 19.2. The average Bonchev–Trinajstić information content (AvgIpc) is 3.08. The van der Waals surface area contributed by atoms with Gasteiger partial charge in [-0.05, 0) is 68.1 Å². The summed E-state index contributed by atoms with van der Waals surface area (Å²) in [6.45, 7) is 6.31. The number of carbonyl (C=O) groups is 1. The number of rotatable bonds is 8. The Kier molecular flexibility index (Phi) is 6.45. The van der Waals surface area contributed by atoms with Gasteiger partial charge >= 0.3 is 0 Å². The number of thiazole rings is 1. The first kappa shape index (κ1) is 19.4. The van der Waals surface area contributed by atoms with E-state index in [9.17, 15) is 4.79 Å². The fourth-order valence-electron chi connectivity index (χ4n) is 2.73. The highest BCUT2D eigenvalue weighted by Gasteiger charge is 2.11. The zero-order valence-electron chi connectivity index (χ0n) is 16.1. The smallest absolute Gasteiger partial charge is 0.257 e. The van der Waals surface area contributed by atoms with Gasteiger partial charge in [0.25, 0.3) is 5.91 Å². The second-order valence-electron chi connectivity index (χ2n) is 6.74. The Hall–Kier alpha value is -2.40. The van der Waals surface area contributed by atoms with Crippen LogP contribution in [0.5, 0.6) is 5.75 Å². The third-order valence-corrected chi connectivity index (χ3v) is 5.45. The van der Waals surface area contributed by atoms with E-state index in [1.807, 2.05) is 25.1 Å². The molecule has 0 fully saturated rings. The Morgan fingerprint density at radius 1 is 1.19 bits per heavy atom. The summed E-state index contributed by atoms with van der Waals surface area (Å²) in [6, 6.07) is 13.6. The summed E-state index contributed by atoms with van der Waals surface area (Å²) in [4.78, 5) is 17.0. The maximum Gasteiger partial charge on any atom is 0.257 e. The van der Waals surface area contributed by atoms with Crippen LogP contribution in [0.3, 0.4) is 0 Å². The lowest BCUT2D eigenvalue weighted by molar-refractivity contribution is 0.102. The van der Waals surface area contributed by atoms with Crippen molar-refractivity contribution in [2.75, 3.05) is 5.32 Å². The van der Waals surface area contributed by atoms with E-state index in [2.05, 4.69) is 36.3 Å². The van der Waals surface area contributed by atoms with Gasteiger partial charge in [-0.1, -0.05) is 37.7 Å². The van der Waals surface area contributed by atoms with Crippen molar-refractivity contribution in [1.82, 2.24) is 4.98 Å². The van der Waals surface area contributed by atoms with Crippen LogP contribution in [0.1, 0.15) is 56.0 Å². The SMILES string of the molecule is CCCCc1ccc2nc(NC(=O)c3ccc(OC(C)CC)cc3)sc2c1. The molecule has 0 aliphatic carbocycles. The number of hydrogen-bond acceptors (Lipinski definition) is 4. The number of aromatic nitrogens is 1. The number of fused-ring (bicyclic) bond motifs is 1. The van der Waals surface area contributed by atoms with Crippen LogP contribution >= 0.6 is 11.3 Å². The van der Waals surface area contributed by atoms with Crippen molar-refractivity contribution >= 4 is 32.6 Å². The summed E-state index contributed by atoms with van der Waals surface area (Å²) in [6.07, 6.45) is 4.56. The second kappa shape index (κ2) is 9.00. The van der Waals surface area contributed by atoms with E-state index < -0.39 is 0 Å². The molecule has 0 saturated heterocycles. The van der Waals surface area contributed by atoms with Gasteiger partial charge in [-0.2, -0.15) is 0 Å². The number of aryl methyl sites for hydroxylation is 1. The van der Waals surface area contributed by atoms with Crippen molar-refractivity contribution in [2.24, 2.45) is 0 Å². The lowest BCUT2D eigenvalue weighted by atomic mass is 10.1. The minimum atomic E-state index is -0.157. The van der Waals surface area contributed by atoms with Crippen molar-refractivity contribution in [3.05, 3.63) is 53.6 Å². The first-order valence-corrected chi connectivity index (χ1v) is 10.4. The molecule has 0 saturated carbocycles. The Labute approximate surface area is 164 Å². The predicted molar refractivity (Wildman–Crippen MR) is 113 cm³/mol. The number of amides is 1. The number of unbranched alkanes of at least 4 members (excludes halogenated alkanes) is 1. The molecule has 1 unspecified atom stereocenters. The molecule has 2 aromatic carbocycles. The first-order chi connectivity index (χ1) is 13.1. The number of ether oxygens (including phenoxy) is 1. The number of benzene rings is 2. The monoisotopic (exact) mass is 382 g/mol. The van der Waals surface area contributed by atoms with Gasteiger partial charge in [-0.3, -0.25) is 10.1 Å². The number of nitrogens with zero attached hydrogens (tertiary/aromatic N) is 1. The molecule has 1 aromatic heterocycles. The van der Waals surface area contributed by atoms with E-state index in [0.29, 0.717) is 10.7 Å². The zero-order valence-corrected chi connectivity index (χ0v) is 16.9. The molecule has 0 spiro atoms. The lowest BCUT2D eigenvalue weighted by Gasteiger charge is -2.12. The summed E-state index contributed by atoms with van der Waals surface area (Å²) >= 11 is 1.51. The van der Waals surface area contributed by atoms with Crippen molar-refractivity contribution in [3.63, 3.8) is 0 Å². The summed E-state index contributed by atoms with van der Waals surface area (Å²) in [5.74, 6) is 0.621. The topological polar surface area (TPSA) is 51.2 Å². The Bertz CT molecular complexity index is 902. The largest absolute Gasteiger partial charge is 0.491 e. The Morgan fingerprint density at radius 2 is 1.96 bits per heavy atom. The molecule has 1 atom stereocenters. The molecule has 4 nitrogen and oxygen atoms in total. The molecule has 1 amide bonds. The molecule has 0 radical (unpaired) electrons. The average molecular weight is 383 g/mol. The van der Waals surface area contributed by atoms with Crippen LogP contribution in [0.25, 0.3) is 10.2 Å². The molecule has 142 valence electrons. The first-order valence-electron chi connectivity index (χ1n) is 9.56. The summed E-state index contributed by atoms with van der Waals surface area (Å²) < 4.78 is 6.86. The van der Waals surface area contributed by atoms with Crippen molar-refractivity contribution in [3.8, 4) is 5.75 Å². The lowest BCUT2D eigenvalue weighted by Crippen LogP contribution is -2.12. The van der Waals surface area contributed by atoms with Gasteiger partial charge in [-0.25, -0.2) is 4.98 Å². The van der Waals surface area contributed by atoms with Crippen LogP contribution in [0.2, 0.25) is 0 Å². The molecule has 3 rings (SSSR count). The Balaban J connectivity index is 1.68. The van der Waals surface area contributed by atoms with Crippen LogP contribution in [-0.2, 0) is 6.42 Å². The quantitative estimate of drug-likeness (QED) is 0.514. The van der Waals surface area contributed by atoms with E-state index in [1.165, 1.54) is 29.7 Å². The Morgan fingerprint density at radius 3 is 2.67 bits per heavy atom. The minimum absolute atomic E-state index is 0.157. The van der Waals surface area contributed by atoms with Gasteiger partial charge in [0.2, 0.25) is 0 Å². The molecule has 5 heteroatoms. The van der Waals surface area contributed by atoms with Crippen molar-refractivity contribution < 1.29 is 9.53 Å². The van der Waals surface area contributed by atoms with E-state index in [1.54, 1.807) is 12.1 Å². The van der Waals surface area contributed by atoms with E-state index in [-0.39, 0.29) is 12.0 Å². The van der Waals surface area contributed by atoms with Crippen LogP contribution < -0.4 is 10.1 Å². The van der Waals surface area contributed by atoms with Gasteiger partial charge in [0.15, 0.2) is 5.13 Å². The molecule has 1 N–H and O–H groups in total. The molecule has 0 aliphatic rings. The van der Waals surface area contributed by atoms with Crippen molar-refractivity contribution in [2.45, 2.75) is 52.6 Å². The van der Waals surface area contributed by atoms with Crippen LogP contribution in [0, 0.1) is 0 Å². The van der Waals surface area contributed by atoms with Gasteiger partial charge in [0.05, 0.1) is 16.3 Å². The minimum Gasteiger partial charge on any atom is -0.491 e. The van der Waals surface area contributed by atoms with Crippen LogP contribution in [-0.4, -0.2) is 17.0 Å². The van der Waals surface area contributed by atoms with Crippen molar-refractivity contribution in [1.29, 1.82) is 0 Å². The molecule has 1 heterocycles. The third kappa shape index (κ3) is 5.07. The maximum atomic E-state index is 12.5. The number of carbonyl (C=O) groups excluding carboxylic acids is 1. The van der Waals surface area contributed by atoms with Crippen LogP contribution in [0.4, 0.5) is 5.13 Å². The van der Waals surface area contributed by atoms with E-state index in [4.69, 9.17) is 4.74 Å². The standard InChI is InChI=1S/C22H26N2O2S/c1-4-6-7-16-8-13-19-20(14-16)27-22(23-19)24-21(25)17-9-11-18(12-10-17)26-15(3)5-2/h8-15H,4-7H2,1-3H3,(H,23,24,25). The fraction of sp³-hybridized carbons (Fsp3) is 0.364. The van der Waals surface area contributed by atoms with Gasteiger partial charge in [-0.15, -0.1) is 0 Å².